The Kier molecular flexibility index (Phi) is 6.11. The molecule has 5 nitrogen and oxygen atoms in total. The van der Waals surface area contributed by atoms with Crippen molar-refractivity contribution in [3.63, 3.8) is 0 Å². The fourth-order valence-electron chi connectivity index (χ4n) is 1.81. The van der Waals surface area contributed by atoms with Gasteiger partial charge in [-0.3, -0.25) is 9.69 Å². The van der Waals surface area contributed by atoms with Gasteiger partial charge in [0.1, 0.15) is 5.82 Å². The Morgan fingerprint density at radius 1 is 1.35 bits per heavy atom. The Morgan fingerprint density at radius 2 is 2.05 bits per heavy atom. The van der Waals surface area contributed by atoms with Crippen molar-refractivity contribution in [2.75, 3.05) is 19.6 Å². The van der Waals surface area contributed by atoms with E-state index in [1.165, 1.54) is 12.1 Å². The first-order valence-electron chi connectivity index (χ1n) is 6.48. The molecular weight excluding hydrogens is 263 g/mol. The molecular formula is C14H19FN2O3. The van der Waals surface area contributed by atoms with E-state index >= 15 is 0 Å². The topological polar surface area (TPSA) is 69.6 Å². The first kappa shape index (κ1) is 16.1. The number of benzene rings is 1. The fourth-order valence-corrected chi connectivity index (χ4v) is 1.81. The summed E-state index contributed by atoms with van der Waals surface area (Å²) in [6.45, 7) is 5.14. The summed E-state index contributed by atoms with van der Waals surface area (Å²) in [5.74, 6) is -1.70. The van der Waals surface area contributed by atoms with Gasteiger partial charge in [0.25, 0.3) is 0 Å². The molecule has 0 fully saturated rings. The molecule has 0 aliphatic heterocycles. The van der Waals surface area contributed by atoms with Crippen LogP contribution in [0.5, 0.6) is 0 Å². The summed E-state index contributed by atoms with van der Waals surface area (Å²) < 4.78 is 13.7. The summed E-state index contributed by atoms with van der Waals surface area (Å²) in [6, 6.07) is 3.66. The smallest absolute Gasteiger partial charge is 0.335 e. The number of carboxylic acid groups (broad SMARTS) is 1. The molecule has 0 bridgehead atoms. The number of hydrogen-bond donors (Lipinski definition) is 2. The lowest BCUT2D eigenvalue weighted by molar-refractivity contribution is -0.122. The molecule has 0 saturated carbocycles. The van der Waals surface area contributed by atoms with Crippen molar-refractivity contribution >= 4 is 11.9 Å². The second-order valence-electron chi connectivity index (χ2n) is 4.37. The molecule has 6 heteroatoms. The van der Waals surface area contributed by atoms with Crippen LogP contribution in [0.1, 0.15) is 29.8 Å². The van der Waals surface area contributed by atoms with E-state index in [1.54, 1.807) is 4.90 Å². The van der Waals surface area contributed by atoms with E-state index in [2.05, 4.69) is 5.32 Å². The van der Waals surface area contributed by atoms with Crippen LogP contribution >= 0.6 is 0 Å². The highest BCUT2D eigenvalue weighted by Gasteiger charge is 2.13. The van der Waals surface area contributed by atoms with Gasteiger partial charge in [-0.15, -0.1) is 0 Å². The van der Waals surface area contributed by atoms with E-state index < -0.39 is 11.8 Å². The van der Waals surface area contributed by atoms with Crippen molar-refractivity contribution in [3.05, 3.63) is 35.1 Å². The molecule has 0 radical (unpaired) electrons. The van der Waals surface area contributed by atoms with Crippen molar-refractivity contribution in [1.82, 2.24) is 10.2 Å². The van der Waals surface area contributed by atoms with Crippen molar-refractivity contribution in [2.24, 2.45) is 0 Å². The molecule has 0 saturated heterocycles. The molecule has 0 aliphatic rings. The van der Waals surface area contributed by atoms with E-state index in [0.717, 1.165) is 6.07 Å². The predicted octanol–water partition coefficient (Wildman–Crippen LogP) is 1.48. The van der Waals surface area contributed by atoms with Gasteiger partial charge in [0.2, 0.25) is 5.91 Å². The van der Waals surface area contributed by atoms with Gasteiger partial charge < -0.3 is 10.4 Å². The van der Waals surface area contributed by atoms with Crippen molar-refractivity contribution < 1.29 is 19.1 Å². The quantitative estimate of drug-likeness (QED) is 0.795. The first-order valence-corrected chi connectivity index (χ1v) is 6.48. The number of likely N-dealkylation sites (N-methyl/N-ethyl adjacent to an activating group) is 2. The van der Waals surface area contributed by atoms with Crippen LogP contribution in [0.3, 0.4) is 0 Å². The number of hydrogen-bond acceptors (Lipinski definition) is 3. The number of carbonyl (C=O) groups is 2. The van der Waals surface area contributed by atoms with Gasteiger partial charge in [-0.25, -0.2) is 9.18 Å². The Balaban J connectivity index is 2.81. The van der Waals surface area contributed by atoms with Crippen LogP contribution in [0.25, 0.3) is 0 Å². The monoisotopic (exact) mass is 282 g/mol. The third-order valence-electron chi connectivity index (χ3n) is 2.87. The van der Waals surface area contributed by atoms with Crippen LogP contribution in [-0.4, -0.2) is 41.5 Å². The van der Waals surface area contributed by atoms with E-state index in [0.29, 0.717) is 13.1 Å². The summed E-state index contributed by atoms with van der Waals surface area (Å²) in [4.78, 5) is 24.1. The van der Waals surface area contributed by atoms with Gasteiger partial charge in [0.15, 0.2) is 0 Å². The molecule has 110 valence electrons. The van der Waals surface area contributed by atoms with Crippen LogP contribution < -0.4 is 5.32 Å². The molecule has 0 aromatic heterocycles. The Hall–Kier alpha value is -1.95. The highest BCUT2D eigenvalue weighted by atomic mass is 19.1. The molecule has 0 spiro atoms. The van der Waals surface area contributed by atoms with E-state index in [1.807, 2.05) is 13.8 Å². The maximum atomic E-state index is 13.7. The van der Waals surface area contributed by atoms with Gasteiger partial charge in [0, 0.05) is 18.7 Å². The zero-order valence-corrected chi connectivity index (χ0v) is 11.6. The molecule has 0 heterocycles. The summed E-state index contributed by atoms with van der Waals surface area (Å²) >= 11 is 0. The van der Waals surface area contributed by atoms with Crippen LogP contribution in [0.2, 0.25) is 0 Å². The summed E-state index contributed by atoms with van der Waals surface area (Å²) in [5.41, 5.74) is 0.312. The van der Waals surface area contributed by atoms with Gasteiger partial charge >= 0.3 is 5.97 Å². The Morgan fingerprint density at radius 3 is 2.60 bits per heavy atom. The Bertz CT molecular complexity index is 491. The number of carbonyl (C=O) groups excluding carboxylic acids is 1. The second kappa shape index (κ2) is 7.59. The average molecular weight is 282 g/mol. The number of amides is 1. The van der Waals surface area contributed by atoms with Gasteiger partial charge in [-0.2, -0.15) is 0 Å². The number of nitrogens with one attached hydrogen (secondary N) is 1. The molecule has 1 amide bonds. The molecule has 1 aromatic rings. The third kappa shape index (κ3) is 4.62. The molecule has 0 atom stereocenters. The fraction of sp³-hybridized carbons (Fsp3) is 0.429. The summed E-state index contributed by atoms with van der Waals surface area (Å²) in [6.07, 6.45) is 0. The predicted molar refractivity (Wildman–Crippen MR) is 73.0 cm³/mol. The Labute approximate surface area is 117 Å². The SMILES string of the molecule is CCNC(=O)CN(CC)Cc1cc(C(=O)O)ccc1F. The lowest BCUT2D eigenvalue weighted by atomic mass is 10.1. The van der Waals surface area contributed by atoms with Crippen LogP contribution in [-0.2, 0) is 11.3 Å². The average Bonchev–Trinajstić information content (AvgIpc) is 2.40. The van der Waals surface area contributed by atoms with E-state index in [-0.39, 0.29) is 30.1 Å². The minimum Gasteiger partial charge on any atom is -0.478 e. The van der Waals surface area contributed by atoms with Crippen LogP contribution in [0, 0.1) is 5.82 Å². The summed E-state index contributed by atoms with van der Waals surface area (Å²) in [5, 5.41) is 11.6. The van der Waals surface area contributed by atoms with E-state index in [4.69, 9.17) is 5.11 Å². The maximum absolute atomic E-state index is 13.7. The minimum atomic E-state index is -1.10. The maximum Gasteiger partial charge on any atom is 0.335 e. The van der Waals surface area contributed by atoms with Crippen molar-refractivity contribution in [2.45, 2.75) is 20.4 Å². The zero-order valence-electron chi connectivity index (χ0n) is 11.6. The van der Waals surface area contributed by atoms with Gasteiger partial charge in [-0.1, -0.05) is 6.92 Å². The van der Waals surface area contributed by atoms with Crippen molar-refractivity contribution in [3.8, 4) is 0 Å². The lowest BCUT2D eigenvalue weighted by Crippen LogP contribution is -2.36. The molecule has 2 N–H and O–H groups in total. The zero-order chi connectivity index (χ0) is 15.1. The van der Waals surface area contributed by atoms with Crippen molar-refractivity contribution in [1.29, 1.82) is 0 Å². The number of carboxylic acids is 1. The molecule has 0 unspecified atom stereocenters. The lowest BCUT2D eigenvalue weighted by Gasteiger charge is -2.20. The minimum absolute atomic E-state index is 0.0375. The largest absolute Gasteiger partial charge is 0.478 e. The summed E-state index contributed by atoms with van der Waals surface area (Å²) in [7, 11) is 0. The number of halogens is 1. The molecule has 0 aliphatic carbocycles. The second-order valence-corrected chi connectivity index (χ2v) is 4.37. The normalized spacial score (nSPS) is 10.6. The number of rotatable bonds is 7. The van der Waals surface area contributed by atoms with Crippen LogP contribution in [0.15, 0.2) is 18.2 Å². The third-order valence-corrected chi connectivity index (χ3v) is 2.87. The molecule has 1 rings (SSSR count). The highest BCUT2D eigenvalue weighted by Crippen LogP contribution is 2.13. The highest BCUT2D eigenvalue weighted by molar-refractivity contribution is 5.87. The van der Waals surface area contributed by atoms with Crippen LogP contribution in [0.4, 0.5) is 4.39 Å². The van der Waals surface area contributed by atoms with E-state index in [9.17, 15) is 14.0 Å². The van der Waals surface area contributed by atoms with Gasteiger partial charge in [-0.05, 0) is 31.7 Å². The molecule has 1 aromatic carbocycles. The van der Waals surface area contributed by atoms with Gasteiger partial charge in [0.05, 0.1) is 12.1 Å². The number of nitrogens with zero attached hydrogens (tertiary/aromatic N) is 1. The first-order chi connectivity index (χ1) is 9.47. The molecule has 20 heavy (non-hydrogen) atoms. The standard InChI is InChI=1S/C14H19FN2O3/c1-3-16-13(18)9-17(4-2)8-11-7-10(14(19)20)5-6-12(11)15/h5-7H,3-4,8-9H2,1-2H3,(H,16,18)(H,19,20). The number of aromatic carboxylic acids is 1.